The van der Waals surface area contributed by atoms with Crippen molar-refractivity contribution in [3.8, 4) is 0 Å². The van der Waals surface area contributed by atoms with Crippen LogP contribution in [0.25, 0.3) is 0 Å². The number of rotatable bonds is 8. The molecular weight excluding hydrogens is 354 g/mol. The highest BCUT2D eigenvalue weighted by Gasteiger charge is 2.15. The van der Waals surface area contributed by atoms with E-state index >= 15 is 0 Å². The summed E-state index contributed by atoms with van der Waals surface area (Å²) in [6.07, 6.45) is 0. The number of aromatic nitrogens is 4. The van der Waals surface area contributed by atoms with E-state index in [1.54, 1.807) is 16.0 Å². The number of tetrazole rings is 1. The highest BCUT2D eigenvalue weighted by atomic mass is 32.2. The maximum Gasteiger partial charge on any atom is 0.233 e. The molecule has 0 fully saturated rings. The lowest BCUT2D eigenvalue weighted by molar-refractivity contribution is -0.128. The number of carbonyl (C=O) groups is 1. The fourth-order valence-electron chi connectivity index (χ4n) is 2.35. The van der Waals surface area contributed by atoms with E-state index in [9.17, 15) is 4.79 Å². The number of carbonyl (C=O) groups excluding carboxylic acids is 1. The number of nitrogens with zero attached hydrogens (tertiary/aromatic N) is 5. The Hall–Kier alpha value is -2.19. The van der Waals surface area contributed by atoms with Gasteiger partial charge in [-0.2, -0.15) is 0 Å². The molecule has 2 aromatic heterocycles. The van der Waals surface area contributed by atoms with Crippen LogP contribution in [0, 0.1) is 0 Å². The summed E-state index contributed by atoms with van der Waals surface area (Å²) in [6, 6.07) is 14.1. The summed E-state index contributed by atoms with van der Waals surface area (Å²) in [7, 11) is 0. The second-order valence-corrected chi connectivity index (χ2v) is 7.36. The number of hydrogen-bond donors (Lipinski definition) is 0. The fourth-order valence-corrected chi connectivity index (χ4v) is 3.81. The van der Waals surface area contributed by atoms with Gasteiger partial charge in [0.15, 0.2) is 0 Å². The largest absolute Gasteiger partial charge is 0.338 e. The van der Waals surface area contributed by atoms with Gasteiger partial charge in [-0.05, 0) is 34.4 Å². The van der Waals surface area contributed by atoms with Gasteiger partial charge in [-0.15, -0.1) is 16.4 Å². The Balaban J connectivity index is 1.57. The Kier molecular flexibility index (Phi) is 6.19. The van der Waals surface area contributed by atoms with Gasteiger partial charge < -0.3 is 4.90 Å². The molecule has 0 aliphatic heterocycles. The van der Waals surface area contributed by atoms with Crippen molar-refractivity contribution in [3.05, 3.63) is 58.3 Å². The maximum absolute atomic E-state index is 12.5. The van der Waals surface area contributed by atoms with Gasteiger partial charge >= 0.3 is 0 Å². The van der Waals surface area contributed by atoms with Gasteiger partial charge in [-0.3, -0.25) is 4.79 Å². The van der Waals surface area contributed by atoms with Crippen LogP contribution in [-0.2, 0) is 17.9 Å². The molecule has 130 valence electrons. The number of hydrogen-bond acceptors (Lipinski definition) is 6. The van der Waals surface area contributed by atoms with Crippen LogP contribution in [0.1, 0.15) is 17.4 Å². The van der Waals surface area contributed by atoms with E-state index in [-0.39, 0.29) is 5.91 Å². The minimum absolute atomic E-state index is 0.0852. The molecule has 0 aliphatic carbocycles. The molecule has 0 unspecified atom stereocenters. The van der Waals surface area contributed by atoms with E-state index < -0.39 is 0 Å². The molecule has 1 aromatic carbocycles. The third-order valence-corrected chi connectivity index (χ3v) is 5.46. The second-order valence-electron chi connectivity index (χ2n) is 5.38. The molecule has 1 amide bonds. The van der Waals surface area contributed by atoms with Crippen molar-refractivity contribution in [3.63, 3.8) is 0 Å². The first-order valence-electron chi connectivity index (χ1n) is 7.99. The van der Waals surface area contributed by atoms with E-state index in [0.717, 1.165) is 5.56 Å². The summed E-state index contributed by atoms with van der Waals surface area (Å²) in [5, 5.41) is 14.5. The summed E-state index contributed by atoms with van der Waals surface area (Å²) in [6.45, 7) is 3.92. The van der Waals surface area contributed by atoms with Crippen LogP contribution < -0.4 is 0 Å². The SMILES string of the molecule is CCN(Cc1ccccc1)C(=O)CSc1nnnn1Cc1cccs1. The number of thiophene rings is 1. The molecular formula is C17H19N5OS2. The molecule has 3 aromatic rings. The second kappa shape index (κ2) is 8.77. The zero-order chi connectivity index (χ0) is 17.5. The van der Waals surface area contributed by atoms with Gasteiger partial charge in [0.1, 0.15) is 0 Å². The lowest BCUT2D eigenvalue weighted by Crippen LogP contribution is -2.31. The molecule has 6 nitrogen and oxygen atoms in total. The Labute approximate surface area is 154 Å². The van der Waals surface area contributed by atoms with Gasteiger partial charge in [0.25, 0.3) is 0 Å². The van der Waals surface area contributed by atoms with Crippen LogP contribution in [0.15, 0.2) is 53.0 Å². The van der Waals surface area contributed by atoms with E-state index in [2.05, 4.69) is 15.5 Å². The molecule has 0 N–H and O–H groups in total. The van der Waals surface area contributed by atoms with Gasteiger partial charge in [0, 0.05) is 18.0 Å². The normalized spacial score (nSPS) is 10.8. The third kappa shape index (κ3) is 4.90. The summed E-state index contributed by atoms with van der Waals surface area (Å²) >= 11 is 3.04. The van der Waals surface area contributed by atoms with Crippen molar-refractivity contribution < 1.29 is 4.79 Å². The highest BCUT2D eigenvalue weighted by molar-refractivity contribution is 7.99. The first-order valence-corrected chi connectivity index (χ1v) is 9.86. The van der Waals surface area contributed by atoms with Crippen LogP contribution in [0.3, 0.4) is 0 Å². The van der Waals surface area contributed by atoms with Crippen LogP contribution in [0.5, 0.6) is 0 Å². The van der Waals surface area contributed by atoms with Crippen molar-refractivity contribution in [2.75, 3.05) is 12.3 Å². The van der Waals surface area contributed by atoms with Crippen LogP contribution in [0.2, 0.25) is 0 Å². The molecule has 0 spiro atoms. The Morgan fingerprint density at radius 1 is 1.24 bits per heavy atom. The van der Waals surface area contributed by atoms with Gasteiger partial charge in [0.05, 0.1) is 12.3 Å². The number of benzene rings is 1. The third-order valence-electron chi connectivity index (χ3n) is 3.66. The van der Waals surface area contributed by atoms with Crippen molar-refractivity contribution in [1.82, 2.24) is 25.1 Å². The van der Waals surface area contributed by atoms with Gasteiger partial charge in [-0.1, -0.05) is 48.2 Å². The molecule has 0 radical (unpaired) electrons. The first-order chi connectivity index (χ1) is 12.3. The number of thioether (sulfide) groups is 1. The lowest BCUT2D eigenvalue weighted by atomic mass is 10.2. The zero-order valence-corrected chi connectivity index (χ0v) is 15.5. The quantitative estimate of drug-likeness (QED) is 0.568. The van der Waals surface area contributed by atoms with E-state index in [4.69, 9.17) is 0 Å². The maximum atomic E-state index is 12.5. The molecule has 3 rings (SSSR count). The molecule has 0 aliphatic rings. The van der Waals surface area contributed by atoms with Crippen molar-refractivity contribution in [1.29, 1.82) is 0 Å². The predicted octanol–water partition coefficient (Wildman–Crippen LogP) is 2.92. The zero-order valence-electron chi connectivity index (χ0n) is 13.9. The number of amides is 1. The summed E-state index contributed by atoms with van der Waals surface area (Å²) < 4.78 is 1.73. The van der Waals surface area contributed by atoms with Gasteiger partial charge in [-0.25, -0.2) is 4.68 Å². The average molecular weight is 374 g/mol. The Morgan fingerprint density at radius 2 is 2.08 bits per heavy atom. The van der Waals surface area contributed by atoms with Crippen molar-refractivity contribution in [2.24, 2.45) is 0 Å². The lowest BCUT2D eigenvalue weighted by Gasteiger charge is -2.20. The molecule has 0 saturated carbocycles. The highest BCUT2D eigenvalue weighted by Crippen LogP contribution is 2.18. The van der Waals surface area contributed by atoms with Crippen molar-refractivity contribution in [2.45, 2.75) is 25.2 Å². The smallest absolute Gasteiger partial charge is 0.233 e. The first kappa shape index (κ1) is 17.6. The van der Waals surface area contributed by atoms with Crippen LogP contribution in [-0.4, -0.2) is 43.3 Å². The summed E-state index contributed by atoms with van der Waals surface area (Å²) in [4.78, 5) is 15.6. The Bertz CT molecular complexity index is 788. The summed E-state index contributed by atoms with van der Waals surface area (Å²) in [5.41, 5.74) is 1.13. The molecule has 8 heteroatoms. The van der Waals surface area contributed by atoms with Crippen molar-refractivity contribution >= 4 is 29.0 Å². The minimum Gasteiger partial charge on any atom is -0.338 e. The molecule has 0 saturated heterocycles. The molecule has 0 atom stereocenters. The monoisotopic (exact) mass is 373 g/mol. The van der Waals surface area contributed by atoms with E-state index in [1.165, 1.54) is 16.6 Å². The van der Waals surface area contributed by atoms with Crippen LogP contribution in [0.4, 0.5) is 0 Å². The molecule has 0 bridgehead atoms. The standard InChI is InChI=1S/C17H19N5OS2/c1-2-21(11-14-7-4-3-5-8-14)16(23)13-25-17-18-19-20-22(17)12-15-9-6-10-24-15/h3-10H,2,11-13H2,1H3. The predicted molar refractivity (Wildman–Crippen MR) is 99.5 cm³/mol. The average Bonchev–Trinajstić information content (AvgIpc) is 3.31. The van der Waals surface area contributed by atoms with Crippen LogP contribution >= 0.6 is 23.1 Å². The molecule has 25 heavy (non-hydrogen) atoms. The fraction of sp³-hybridized carbons (Fsp3) is 0.294. The van der Waals surface area contributed by atoms with E-state index in [0.29, 0.717) is 30.5 Å². The Morgan fingerprint density at radius 3 is 2.80 bits per heavy atom. The van der Waals surface area contributed by atoms with E-state index in [1.807, 2.05) is 59.7 Å². The van der Waals surface area contributed by atoms with Gasteiger partial charge in [0.2, 0.25) is 11.1 Å². The molecule has 2 heterocycles. The summed E-state index contributed by atoms with van der Waals surface area (Å²) in [5.74, 6) is 0.410. The minimum atomic E-state index is 0.0852. The topological polar surface area (TPSA) is 63.9 Å².